The molecule has 2 N–H and O–H groups in total. The molecule has 0 amide bonds. The van der Waals surface area contributed by atoms with Gasteiger partial charge in [0.2, 0.25) is 0 Å². The van der Waals surface area contributed by atoms with E-state index in [0.717, 1.165) is 0 Å². The van der Waals surface area contributed by atoms with Crippen molar-refractivity contribution < 1.29 is 17.9 Å². The summed E-state index contributed by atoms with van der Waals surface area (Å²) in [5, 5.41) is 0.295. The number of nitrogen functional groups attached to an aromatic ring is 1. The Labute approximate surface area is 104 Å². The van der Waals surface area contributed by atoms with E-state index in [4.69, 9.17) is 17.3 Å². The van der Waals surface area contributed by atoms with Crippen LogP contribution in [0, 0.1) is 0 Å². The molecule has 0 atom stereocenters. The van der Waals surface area contributed by atoms with Crippen LogP contribution in [0.4, 0.5) is 5.69 Å². The van der Waals surface area contributed by atoms with Gasteiger partial charge in [0.05, 0.1) is 21.4 Å². The molecular formula is C10H12ClNO4S. The second-order valence-corrected chi connectivity index (χ2v) is 5.86. The molecule has 0 aromatic heterocycles. The second kappa shape index (κ2) is 5.37. The number of ether oxygens (including phenoxy) is 1. The fourth-order valence-electron chi connectivity index (χ4n) is 1.13. The third-order valence-electron chi connectivity index (χ3n) is 1.98. The average molecular weight is 278 g/mol. The van der Waals surface area contributed by atoms with Gasteiger partial charge in [-0.3, -0.25) is 4.79 Å². The first-order chi connectivity index (χ1) is 7.83. The largest absolute Gasteiger partial charge is 0.465 e. The Bertz CT molecular complexity index is 527. The highest BCUT2D eigenvalue weighted by Gasteiger charge is 2.15. The van der Waals surface area contributed by atoms with Gasteiger partial charge in [0, 0.05) is 6.92 Å². The number of carbonyl (C=O) groups excluding carboxylic acids is 1. The molecule has 1 rings (SSSR count). The van der Waals surface area contributed by atoms with Crippen LogP contribution in [-0.2, 0) is 19.4 Å². The summed E-state index contributed by atoms with van der Waals surface area (Å²) in [5.41, 5.74) is 5.71. The van der Waals surface area contributed by atoms with Crippen molar-refractivity contribution >= 4 is 33.1 Å². The quantitative estimate of drug-likeness (QED) is 0.661. The zero-order valence-electron chi connectivity index (χ0n) is 9.14. The Hall–Kier alpha value is -1.27. The Morgan fingerprint density at radius 3 is 2.65 bits per heavy atom. The van der Waals surface area contributed by atoms with Gasteiger partial charge in [-0.1, -0.05) is 11.6 Å². The molecule has 7 heteroatoms. The number of benzene rings is 1. The van der Waals surface area contributed by atoms with E-state index in [-0.39, 0.29) is 22.9 Å². The normalized spacial score (nSPS) is 11.2. The first-order valence-electron chi connectivity index (χ1n) is 4.74. The maximum absolute atomic E-state index is 11.8. The molecule has 17 heavy (non-hydrogen) atoms. The van der Waals surface area contributed by atoms with E-state index in [9.17, 15) is 13.2 Å². The zero-order valence-corrected chi connectivity index (χ0v) is 10.7. The third kappa shape index (κ3) is 3.90. The minimum atomic E-state index is -3.51. The molecule has 94 valence electrons. The Kier molecular flexibility index (Phi) is 4.36. The van der Waals surface area contributed by atoms with Gasteiger partial charge in [0.1, 0.15) is 6.61 Å². The van der Waals surface area contributed by atoms with E-state index in [1.54, 1.807) is 0 Å². The standard InChI is InChI=1S/C10H12ClNO4S/c1-7(13)16-4-5-17(14,15)8-2-3-9(11)10(12)6-8/h2-3,6H,4-5,12H2,1H3. The van der Waals surface area contributed by atoms with Gasteiger partial charge < -0.3 is 10.5 Å². The van der Waals surface area contributed by atoms with Gasteiger partial charge in [0.25, 0.3) is 0 Å². The van der Waals surface area contributed by atoms with Crippen molar-refractivity contribution in [1.82, 2.24) is 0 Å². The monoisotopic (exact) mass is 277 g/mol. The first-order valence-corrected chi connectivity index (χ1v) is 6.77. The molecule has 0 bridgehead atoms. The fraction of sp³-hybridized carbons (Fsp3) is 0.300. The predicted molar refractivity (Wildman–Crippen MR) is 64.6 cm³/mol. The van der Waals surface area contributed by atoms with Crippen LogP contribution in [0.1, 0.15) is 6.92 Å². The number of hydrogen-bond acceptors (Lipinski definition) is 5. The lowest BCUT2D eigenvalue weighted by molar-refractivity contribution is -0.140. The van der Waals surface area contributed by atoms with Crippen molar-refractivity contribution in [3.8, 4) is 0 Å². The van der Waals surface area contributed by atoms with Gasteiger partial charge in [0.15, 0.2) is 9.84 Å². The first kappa shape index (κ1) is 13.8. The number of hydrogen-bond donors (Lipinski definition) is 1. The molecular weight excluding hydrogens is 266 g/mol. The number of rotatable bonds is 4. The maximum atomic E-state index is 11.8. The molecule has 0 saturated heterocycles. The van der Waals surface area contributed by atoms with E-state index in [0.29, 0.717) is 5.02 Å². The number of sulfone groups is 1. The van der Waals surface area contributed by atoms with Crippen molar-refractivity contribution in [2.45, 2.75) is 11.8 Å². The predicted octanol–water partition coefficient (Wildman–Crippen LogP) is 1.26. The topological polar surface area (TPSA) is 86.5 Å². The van der Waals surface area contributed by atoms with Crippen LogP contribution in [0.15, 0.2) is 23.1 Å². The second-order valence-electron chi connectivity index (χ2n) is 3.34. The van der Waals surface area contributed by atoms with E-state index < -0.39 is 15.8 Å². The van der Waals surface area contributed by atoms with Crippen molar-refractivity contribution in [3.05, 3.63) is 23.2 Å². The van der Waals surface area contributed by atoms with Crippen LogP contribution in [0.3, 0.4) is 0 Å². The van der Waals surface area contributed by atoms with Gasteiger partial charge in [-0.25, -0.2) is 8.42 Å². The molecule has 0 fully saturated rings. The SMILES string of the molecule is CC(=O)OCCS(=O)(=O)c1ccc(Cl)c(N)c1. The molecule has 0 saturated carbocycles. The van der Waals surface area contributed by atoms with Crippen LogP contribution < -0.4 is 5.73 Å². The molecule has 1 aromatic carbocycles. The van der Waals surface area contributed by atoms with E-state index in [1.807, 2.05) is 0 Å². The zero-order chi connectivity index (χ0) is 13.1. The summed E-state index contributed by atoms with van der Waals surface area (Å²) >= 11 is 5.69. The van der Waals surface area contributed by atoms with Gasteiger partial charge in [-0.05, 0) is 18.2 Å². The highest BCUT2D eigenvalue weighted by atomic mass is 35.5. The molecule has 0 aliphatic carbocycles. The summed E-state index contributed by atoms with van der Waals surface area (Å²) in [6, 6.07) is 4.06. The summed E-state index contributed by atoms with van der Waals surface area (Å²) in [7, 11) is -3.51. The highest BCUT2D eigenvalue weighted by Crippen LogP contribution is 2.22. The lowest BCUT2D eigenvalue weighted by Gasteiger charge is -2.06. The van der Waals surface area contributed by atoms with Crippen LogP contribution in [0.2, 0.25) is 5.02 Å². The Morgan fingerprint density at radius 1 is 1.47 bits per heavy atom. The van der Waals surface area contributed by atoms with Crippen molar-refractivity contribution in [1.29, 1.82) is 0 Å². The molecule has 0 radical (unpaired) electrons. The van der Waals surface area contributed by atoms with Gasteiger partial charge in [-0.2, -0.15) is 0 Å². The van der Waals surface area contributed by atoms with E-state index >= 15 is 0 Å². The van der Waals surface area contributed by atoms with Crippen molar-refractivity contribution in [2.24, 2.45) is 0 Å². The summed E-state index contributed by atoms with van der Waals surface area (Å²) in [6.07, 6.45) is 0. The average Bonchev–Trinajstić information content (AvgIpc) is 2.21. The molecule has 0 aliphatic rings. The molecule has 0 spiro atoms. The van der Waals surface area contributed by atoms with Crippen molar-refractivity contribution in [2.75, 3.05) is 18.1 Å². The van der Waals surface area contributed by atoms with Crippen LogP contribution in [0.25, 0.3) is 0 Å². The number of esters is 1. The summed E-state index contributed by atoms with van der Waals surface area (Å²) in [5.74, 6) is -0.802. The van der Waals surface area contributed by atoms with Gasteiger partial charge >= 0.3 is 5.97 Å². The van der Waals surface area contributed by atoms with Crippen LogP contribution >= 0.6 is 11.6 Å². The lowest BCUT2D eigenvalue weighted by Crippen LogP contribution is -2.14. The summed E-state index contributed by atoms with van der Waals surface area (Å²) < 4.78 is 28.2. The molecule has 1 aromatic rings. The summed E-state index contributed by atoms with van der Waals surface area (Å²) in [6.45, 7) is 1.03. The number of anilines is 1. The number of nitrogens with two attached hydrogens (primary N) is 1. The van der Waals surface area contributed by atoms with E-state index in [1.165, 1.54) is 25.1 Å². The molecule has 0 heterocycles. The van der Waals surface area contributed by atoms with Crippen LogP contribution in [-0.4, -0.2) is 26.7 Å². The minimum absolute atomic E-state index is 0.0616. The Morgan fingerprint density at radius 2 is 2.12 bits per heavy atom. The molecule has 0 aliphatic heterocycles. The number of carbonyl (C=O) groups is 1. The lowest BCUT2D eigenvalue weighted by atomic mass is 10.3. The summed E-state index contributed by atoms with van der Waals surface area (Å²) in [4.78, 5) is 10.6. The Balaban J connectivity index is 2.82. The molecule has 0 unspecified atom stereocenters. The fourth-order valence-corrected chi connectivity index (χ4v) is 2.37. The maximum Gasteiger partial charge on any atom is 0.302 e. The van der Waals surface area contributed by atoms with E-state index in [2.05, 4.69) is 4.74 Å². The number of halogens is 1. The van der Waals surface area contributed by atoms with Crippen LogP contribution in [0.5, 0.6) is 0 Å². The van der Waals surface area contributed by atoms with Gasteiger partial charge in [-0.15, -0.1) is 0 Å². The van der Waals surface area contributed by atoms with Crippen molar-refractivity contribution in [3.63, 3.8) is 0 Å². The highest BCUT2D eigenvalue weighted by molar-refractivity contribution is 7.91. The smallest absolute Gasteiger partial charge is 0.302 e. The molecule has 5 nitrogen and oxygen atoms in total. The third-order valence-corrected chi connectivity index (χ3v) is 4.00. The minimum Gasteiger partial charge on any atom is -0.465 e.